The molecule has 1 amide bonds. The molecule has 6 heteroatoms. The molecule has 1 saturated heterocycles. The van der Waals surface area contributed by atoms with Crippen LogP contribution in [0.1, 0.15) is 42.5 Å². The summed E-state index contributed by atoms with van der Waals surface area (Å²) in [4.78, 5) is 25.2. The highest BCUT2D eigenvalue weighted by Gasteiger charge is 2.29. The number of carbonyl (C=O) groups excluding carboxylic acids is 1. The van der Waals surface area contributed by atoms with Crippen LogP contribution >= 0.6 is 0 Å². The van der Waals surface area contributed by atoms with Gasteiger partial charge in [-0.05, 0) is 43.9 Å². The summed E-state index contributed by atoms with van der Waals surface area (Å²) >= 11 is 0. The fourth-order valence-electron chi connectivity index (χ4n) is 3.24. The van der Waals surface area contributed by atoms with Crippen molar-refractivity contribution in [1.29, 1.82) is 0 Å². The smallest absolute Gasteiger partial charge is 0.334 e. The Hall–Kier alpha value is -2.08. The van der Waals surface area contributed by atoms with Gasteiger partial charge in [-0.15, -0.1) is 0 Å². The minimum absolute atomic E-state index is 0.0713. The summed E-state index contributed by atoms with van der Waals surface area (Å²) in [5.41, 5.74) is 0.523. The van der Waals surface area contributed by atoms with Gasteiger partial charge in [-0.3, -0.25) is 4.79 Å². The maximum absolute atomic E-state index is 12.6. The van der Waals surface area contributed by atoms with Crippen LogP contribution in [0.15, 0.2) is 24.3 Å². The van der Waals surface area contributed by atoms with Gasteiger partial charge in [0.25, 0.3) is 5.91 Å². The van der Waals surface area contributed by atoms with Gasteiger partial charge < -0.3 is 19.5 Å². The van der Waals surface area contributed by atoms with E-state index in [1.807, 2.05) is 6.07 Å². The molecule has 24 heavy (non-hydrogen) atoms. The minimum Gasteiger partial charge on any atom is -0.490 e. The van der Waals surface area contributed by atoms with Gasteiger partial charge in [0.15, 0.2) is 6.10 Å². The number of ether oxygens (including phenoxy) is 2. The number of nitrogens with zero attached hydrogens (tertiary/aromatic N) is 1. The van der Waals surface area contributed by atoms with E-state index in [1.54, 1.807) is 18.2 Å². The molecule has 1 saturated carbocycles. The highest BCUT2D eigenvalue weighted by molar-refractivity contribution is 5.95. The zero-order valence-corrected chi connectivity index (χ0v) is 13.6. The lowest BCUT2D eigenvalue weighted by Crippen LogP contribution is -2.48. The molecule has 1 aliphatic heterocycles. The average Bonchev–Trinajstić information content (AvgIpc) is 2.62. The first-order valence-corrected chi connectivity index (χ1v) is 8.54. The van der Waals surface area contributed by atoms with Crippen LogP contribution in [-0.2, 0) is 9.53 Å². The molecule has 0 unspecified atom stereocenters. The molecule has 1 N–H and O–H groups in total. The van der Waals surface area contributed by atoms with E-state index >= 15 is 0 Å². The van der Waals surface area contributed by atoms with E-state index in [0.717, 1.165) is 12.8 Å². The SMILES string of the molecule is O=C(O)[C@@H]1CN(C(=O)c2cccc(OC3CCCCC3)c2)CCO1. The van der Waals surface area contributed by atoms with E-state index in [-0.39, 0.29) is 25.2 Å². The number of carboxylic acid groups (broad SMARTS) is 1. The molecule has 130 valence electrons. The molecule has 0 radical (unpaired) electrons. The Morgan fingerprint density at radius 3 is 2.75 bits per heavy atom. The molecule has 1 atom stereocenters. The third kappa shape index (κ3) is 4.06. The maximum atomic E-state index is 12.6. The van der Waals surface area contributed by atoms with Crippen molar-refractivity contribution in [2.45, 2.75) is 44.3 Å². The number of morpholine rings is 1. The van der Waals surface area contributed by atoms with Gasteiger partial charge in [-0.1, -0.05) is 12.5 Å². The van der Waals surface area contributed by atoms with Crippen LogP contribution in [-0.4, -0.2) is 53.8 Å². The second-order valence-corrected chi connectivity index (χ2v) is 6.35. The lowest BCUT2D eigenvalue weighted by atomic mass is 9.98. The summed E-state index contributed by atoms with van der Waals surface area (Å²) < 4.78 is 11.2. The van der Waals surface area contributed by atoms with Crippen LogP contribution in [0.5, 0.6) is 5.75 Å². The Morgan fingerprint density at radius 2 is 2.00 bits per heavy atom. The summed E-state index contributed by atoms with van der Waals surface area (Å²) in [6.45, 7) is 0.708. The fraction of sp³-hybridized carbons (Fsp3) is 0.556. The molecule has 2 aliphatic rings. The predicted molar refractivity (Wildman–Crippen MR) is 87.2 cm³/mol. The Bertz CT molecular complexity index is 597. The van der Waals surface area contributed by atoms with Crippen LogP contribution in [0.4, 0.5) is 0 Å². The molecule has 3 rings (SSSR count). The minimum atomic E-state index is -1.04. The molecule has 0 bridgehead atoms. The number of benzene rings is 1. The van der Waals surface area contributed by atoms with Gasteiger partial charge in [0.1, 0.15) is 5.75 Å². The van der Waals surface area contributed by atoms with Crippen molar-refractivity contribution in [2.75, 3.05) is 19.7 Å². The van der Waals surface area contributed by atoms with Crippen LogP contribution in [0, 0.1) is 0 Å². The van der Waals surface area contributed by atoms with Crippen molar-refractivity contribution in [3.05, 3.63) is 29.8 Å². The van der Waals surface area contributed by atoms with Gasteiger partial charge in [-0.2, -0.15) is 0 Å². The maximum Gasteiger partial charge on any atom is 0.334 e. The largest absolute Gasteiger partial charge is 0.490 e. The second-order valence-electron chi connectivity index (χ2n) is 6.35. The van der Waals surface area contributed by atoms with Crippen LogP contribution in [0.2, 0.25) is 0 Å². The Labute approximate surface area is 141 Å². The van der Waals surface area contributed by atoms with Gasteiger partial charge in [0, 0.05) is 12.1 Å². The Balaban J connectivity index is 1.66. The third-order valence-corrected chi connectivity index (χ3v) is 4.57. The molecule has 1 heterocycles. The van der Waals surface area contributed by atoms with Crippen molar-refractivity contribution in [3.63, 3.8) is 0 Å². The van der Waals surface area contributed by atoms with Crippen LogP contribution in [0.25, 0.3) is 0 Å². The van der Waals surface area contributed by atoms with Crippen molar-refractivity contribution in [2.24, 2.45) is 0 Å². The number of hydrogen-bond donors (Lipinski definition) is 1. The zero-order valence-electron chi connectivity index (χ0n) is 13.6. The Kier molecular flexibility index (Phi) is 5.35. The number of aliphatic carboxylic acids is 1. The fourth-order valence-corrected chi connectivity index (χ4v) is 3.24. The van der Waals surface area contributed by atoms with E-state index < -0.39 is 12.1 Å². The second kappa shape index (κ2) is 7.66. The van der Waals surface area contributed by atoms with Crippen molar-refractivity contribution in [1.82, 2.24) is 4.90 Å². The first kappa shape index (κ1) is 16.8. The number of carboxylic acids is 1. The number of rotatable bonds is 4. The lowest BCUT2D eigenvalue weighted by Gasteiger charge is -2.31. The molecule has 6 nitrogen and oxygen atoms in total. The topological polar surface area (TPSA) is 76.1 Å². The van der Waals surface area contributed by atoms with Gasteiger partial charge in [0.05, 0.1) is 19.3 Å². The molecule has 1 aromatic carbocycles. The third-order valence-electron chi connectivity index (χ3n) is 4.57. The summed E-state index contributed by atoms with van der Waals surface area (Å²) in [7, 11) is 0. The van der Waals surface area contributed by atoms with Crippen LogP contribution in [0.3, 0.4) is 0 Å². The molecular weight excluding hydrogens is 310 g/mol. The number of hydrogen-bond acceptors (Lipinski definition) is 4. The van der Waals surface area contributed by atoms with Crippen molar-refractivity contribution in [3.8, 4) is 5.75 Å². The van der Waals surface area contributed by atoms with Gasteiger partial charge >= 0.3 is 5.97 Å². The lowest BCUT2D eigenvalue weighted by molar-refractivity contribution is -0.154. The Morgan fingerprint density at radius 1 is 1.21 bits per heavy atom. The van der Waals surface area contributed by atoms with Crippen molar-refractivity contribution < 1.29 is 24.2 Å². The molecule has 1 aromatic rings. The van der Waals surface area contributed by atoms with Crippen LogP contribution < -0.4 is 4.74 Å². The predicted octanol–water partition coefficient (Wildman–Crippen LogP) is 2.32. The normalized spacial score (nSPS) is 22.2. The molecular formula is C18H23NO5. The van der Waals surface area contributed by atoms with E-state index in [1.165, 1.54) is 24.2 Å². The van der Waals surface area contributed by atoms with E-state index in [9.17, 15) is 9.59 Å². The van der Waals surface area contributed by atoms with E-state index in [0.29, 0.717) is 17.9 Å². The van der Waals surface area contributed by atoms with E-state index in [2.05, 4.69) is 0 Å². The van der Waals surface area contributed by atoms with Gasteiger partial charge in [0.2, 0.25) is 0 Å². The average molecular weight is 333 g/mol. The number of amides is 1. The highest BCUT2D eigenvalue weighted by atomic mass is 16.5. The summed E-state index contributed by atoms with van der Waals surface area (Å²) in [6, 6.07) is 7.16. The van der Waals surface area contributed by atoms with Gasteiger partial charge in [-0.25, -0.2) is 4.79 Å². The van der Waals surface area contributed by atoms with E-state index in [4.69, 9.17) is 14.6 Å². The monoisotopic (exact) mass is 333 g/mol. The molecule has 2 fully saturated rings. The molecule has 1 aliphatic carbocycles. The summed E-state index contributed by atoms with van der Waals surface area (Å²) in [5, 5.41) is 9.05. The number of carbonyl (C=O) groups is 2. The standard InChI is InChI=1S/C18H23NO5/c20-17(19-9-10-23-16(12-19)18(21)22)13-5-4-8-15(11-13)24-14-6-2-1-3-7-14/h4-5,8,11,14,16H,1-3,6-7,9-10,12H2,(H,21,22)/t16-/m0/s1. The van der Waals surface area contributed by atoms with Crippen molar-refractivity contribution >= 4 is 11.9 Å². The zero-order chi connectivity index (χ0) is 16.9. The molecule has 0 spiro atoms. The first-order chi connectivity index (χ1) is 11.6. The quantitative estimate of drug-likeness (QED) is 0.915. The summed E-state index contributed by atoms with van der Waals surface area (Å²) in [5.74, 6) is -0.517. The molecule has 0 aromatic heterocycles. The first-order valence-electron chi connectivity index (χ1n) is 8.54. The summed E-state index contributed by atoms with van der Waals surface area (Å²) in [6.07, 6.45) is 5.03. The highest BCUT2D eigenvalue weighted by Crippen LogP contribution is 2.24.